The number of fused-ring (bicyclic) bond motifs is 1. The predicted octanol–water partition coefficient (Wildman–Crippen LogP) is 4.90. The molecule has 3 nitrogen and oxygen atoms in total. The van der Waals surface area contributed by atoms with E-state index < -0.39 is 0 Å². The number of aliphatic imine (C=N–C) groups is 1. The summed E-state index contributed by atoms with van der Waals surface area (Å²) < 4.78 is 1.88. The van der Waals surface area contributed by atoms with Crippen molar-refractivity contribution in [3.05, 3.63) is 61.4 Å². The first-order valence-electron chi connectivity index (χ1n) is 6.21. The molecule has 2 aromatic carbocycles. The maximum absolute atomic E-state index is 10.1. The molecule has 0 bridgehead atoms. The lowest BCUT2D eigenvalue weighted by Crippen LogP contribution is -1.88. The fraction of sp³-hybridized carbons (Fsp3) is 0. The van der Waals surface area contributed by atoms with Gasteiger partial charge in [0.05, 0.1) is 14.8 Å². The van der Waals surface area contributed by atoms with Gasteiger partial charge in [0.1, 0.15) is 5.75 Å². The molecule has 0 aliphatic heterocycles. The molecule has 3 rings (SSSR count). The van der Waals surface area contributed by atoms with Crippen molar-refractivity contribution >= 4 is 68.0 Å². The average molecular weight is 500 g/mol. The molecule has 0 aliphatic carbocycles. The molecule has 0 spiro atoms. The standard InChI is InChI=1S/C16H10I2N2O/c17-12-7-11(16(21)13(18)8-12)9-20-14-5-1-3-10-4-2-6-19-15(10)14/h1-9,21H. The third kappa shape index (κ3) is 3.18. The Bertz CT molecular complexity index is 842. The van der Waals surface area contributed by atoms with Gasteiger partial charge in [0, 0.05) is 26.9 Å². The summed E-state index contributed by atoms with van der Waals surface area (Å²) in [6.45, 7) is 0. The van der Waals surface area contributed by atoms with E-state index in [4.69, 9.17) is 0 Å². The lowest BCUT2D eigenvalue weighted by Gasteiger charge is -2.04. The van der Waals surface area contributed by atoms with Crippen molar-refractivity contribution in [1.82, 2.24) is 4.98 Å². The lowest BCUT2D eigenvalue weighted by atomic mass is 10.2. The summed E-state index contributed by atoms with van der Waals surface area (Å²) in [7, 11) is 0. The van der Waals surface area contributed by atoms with Gasteiger partial charge in [-0.25, -0.2) is 0 Å². The average Bonchev–Trinajstić information content (AvgIpc) is 2.49. The molecule has 0 amide bonds. The number of nitrogens with zero attached hydrogens (tertiary/aromatic N) is 2. The van der Waals surface area contributed by atoms with E-state index in [9.17, 15) is 5.11 Å². The Morgan fingerprint density at radius 1 is 1.10 bits per heavy atom. The van der Waals surface area contributed by atoms with E-state index in [0.29, 0.717) is 5.56 Å². The second kappa shape index (κ2) is 6.27. The van der Waals surface area contributed by atoms with Gasteiger partial charge in [0.25, 0.3) is 0 Å². The second-order valence-corrected chi connectivity index (χ2v) is 6.84. The highest BCUT2D eigenvalue weighted by Crippen LogP contribution is 2.27. The smallest absolute Gasteiger partial charge is 0.137 e. The monoisotopic (exact) mass is 500 g/mol. The molecule has 0 saturated heterocycles. The zero-order chi connectivity index (χ0) is 14.8. The highest BCUT2D eigenvalue weighted by molar-refractivity contribution is 14.1. The molecule has 0 fully saturated rings. The van der Waals surface area contributed by atoms with Crippen LogP contribution in [-0.4, -0.2) is 16.3 Å². The zero-order valence-electron chi connectivity index (χ0n) is 10.8. The van der Waals surface area contributed by atoms with E-state index in [1.165, 1.54) is 0 Å². The van der Waals surface area contributed by atoms with Crippen molar-refractivity contribution in [2.75, 3.05) is 0 Å². The van der Waals surface area contributed by atoms with Crippen LogP contribution in [0.5, 0.6) is 5.75 Å². The molecule has 0 saturated carbocycles. The van der Waals surface area contributed by atoms with Crippen molar-refractivity contribution in [1.29, 1.82) is 0 Å². The SMILES string of the molecule is Oc1c(I)cc(I)cc1C=Nc1cccc2cccnc12. The number of aromatic nitrogens is 1. The number of phenolic OH excluding ortho intramolecular Hbond substituents is 1. The summed E-state index contributed by atoms with van der Waals surface area (Å²) in [5.41, 5.74) is 2.36. The summed E-state index contributed by atoms with van der Waals surface area (Å²) >= 11 is 4.34. The molecule has 0 atom stereocenters. The second-order valence-electron chi connectivity index (χ2n) is 4.44. The minimum absolute atomic E-state index is 0.257. The Kier molecular flexibility index (Phi) is 4.39. The molecule has 104 valence electrons. The Balaban J connectivity index is 2.06. The Labute approximate surface area is 149 Å². The molecule has 3 aromatic rings. The molecule has 0 radical (unpaired) electrons. The third-order valence-corrected chi connectivity index (χ3v) is 4.46. The van der Waals surface area contributed by atoms with E-state index in [-0.39, 0.29) is 5.75 Å². The number of para-hydroxylation sites is 1. The van der Waals surface area contributed by atoms with Gasteiger partial charge < -0.3 is 5.11 Å². The van der Waals surface area contributed by atoms with E-state index in [1.807, 2.05) is 42.5 Å². The number of pyridine rings is 1. The number of rotatable bonds is 2. The molecule has 1 aromatic heterocycles. The van der Waals surface area contributed by atoms with E-state index >= 15 is 0 Å². The normalized spacial score (nSPS) is 11.3. The first kappa shape index (κ1) is 14.7. The third-order valence-electron chi connectivity index (χ3n) is 3.01. The van der Waals surface area contributed by atoms with E-state index in [0.717, 1.165) is 23.7 Å². The molecular formula is C16H10I2N2O. The molecule has 0 aliphatic rings. The van der Waals surface area contributed by atoms with Gasteiger partial charge in [-0.05, 0) is 69.4 Å². The van der Waals surface area contributed by atoms with Gasteiger partial charge in [0.15, 0.2) is 0 Å². The number of phenols is 1. The van der Waals surface area contributed by atoms with Gasteiger partial charge in [-0.2, -0.15) is 0 Å². The van der Waals surface area contributed by atoms with Crippen LogP contribution in [0.2, 0.25) is 0 Å². The molecule has 0 unspecified atom stereocenters. The summed E-state index contributed by atoms with van der Waals surface area (Å²) in [5.74, 6) is 0.257. The molecule has 1 N–H and O–H groups in total. The minimum Gasteiger partial charge on any atom is -0.506 e. The Hall–Kier alpha value is -1.22. The van der Waals surface area contributed by atoms with Crippen molar-refractivity contribution < 1.29 is 5.11 Å². The van der Waals surface area contributed by atoms with Crippen molar-refractivity contribution in [2.24, 2.45) is 4.99 Å². The van der Waals surface area contributed by atoms with Crippen molar-refractivity contribution in [3.63, 3.8) is 0 Å². The summed E-state index contributed by atoms with van der Waals surface area (Å²) in [6.07, 6.45) is 3.44. The van der Waals surface area contributed by atoms with Crippen LogP contribution in [0, 0.1) is 7.14 Å². The fourth-order valence-electron chi connectivity index (χ4n) is 2.02. The van der Waals surface area contributed by atoms with Crippen LogP contribution in [0.25, 0.3) is 10.9 Å². The number of halogens is 2. The number of hydrogen-bond donors (Lipinski definition) is 1. The van der Waals surface area contributed by atoms with Gasteiger partial charge in [-0.1, -0.05) is 18.2 Å². The van der Waals surface area contributed by atoms with Crippen LogP contribution in [0.1, 0.15) is 5.56 Å². The van der Waals surface area contributed by atoms with Gasteiger partial charge in [-0.15, -0.1) is 0 Å². The lowest BCUT2D eigenvalue weighted by molar-refractivity contribution is 0.470. The van der Waals surface area contributed by atoms with Crippen LogP contribution < -0.4 is 0 Å². The summed E-state index contributed by atoms with van der Waals surface area (Å²) in [5, 5.41) is 11.1. The maximum Gasteiger partial charge on any atom is 0.137 e. The van der Waals surface area contributed by atoms with Crippen molar-refractivity contribution in [2.45, 2.75) is 0 Å². The summed E-state index contributed by atoms with van der Waals surface area (Å²) in [4.78, 5) is 8.87. The van der Waals surface area contributed by atoms with Crippen molar-refractivity contribution in [3.8, 4) is 5.75 Å². The zero-order valence-corrected chi connectivity index (χ0v) is 15.1. The van der Waals surface area contributed by atoms with Gasteiger partial charge >= 0.3 is 0 Å². The topological polar surface area (TPSA) is 45.5 Å². The van der Waals surface area contributed by atoms with Crippen LogP contribution >= 0.6 is 45.2 Å². The van der Waals surface area contributed by atoms with E-state index in [2.05, 4.69) is 55.2 Å². The molecule has 21 heavy (non-hydrogen) atoms. The van der Waals surface area contributed by atoms with Crippen LogP contribution in [-0.2, 0) is 0 Å². The van der Waals surface area contributed by atoms with Crippen LogP contribution in [0.3, 0.4) is 0 Å². The van der Waals surface area contributed by atoms with Crippen LogP contribution in [0.15, 0.2) is 53.7 Å². The highest BCUT2D eigenvalue weighted by atomic mass is 127. The predicted molar refractivity (Wildman–Crippen MR) is 103 cm³/mol. The maximum atomic E-state index is 10.1. The molecular weight excluding hydrogens is 490 g/mol. The largest absolute Gasteiger partial charge is 0.506 e. The quantitative estimate of drug-likeness (QED) is 0.402. The number of aromatic hydroxyl groups is 1. The first-order valence-corrected chi connectivity index (χ1v) is 8.37. The highest BCUT2D eigenvalue weighted by Gasteiger charge is 2.06. The minimum atomic E-state index is 0.257. The Morgan fingerprint density at radius 3 is 2.76 bits per heavy atom. The van der Waals surface area contributed by atoms with E-state index in [1.54, 1.807) is 12.4 Å². The van der Waals surface area contributed by atoms with Crippen LogP contribution in [0.4, 0.5) is 5.69 Å². The molecule has 1 heterocycles. The number of benzene rings is 2. The van der Waals surface area contributed by atoms with Gasteiger partial charge in [0.2, 0.25) is 0 Å². The first-order chi connectivity index (χ1) is 10.1. The Morgan fingerprint density at radius 2 is 1.90 bits per heavy atom. The number of hydrogen-bond acceptors (Lipinski definition) is 3. The summed E-state index contributed by atoms with van der Waals surface area (Å²) in [6, 6.07) is 13.6. The van der Waals surface area contributed by atoms with Gasteiger partial charge in [-0.3, -0.25) is 9.98 Å². The molecule has 5 heteroatoms. The fourth-order valence-corrected chi connectivity index (χ4v) is 3.91.